The Balaban J connectivity index is 0.000000283. The minimum atomic E-state index is -1.26. The molecule has 0 fully saturated rings. The van der Waals surface area contributed by atoms with Gasteiger partial charge in [0.05, 0.1) is 0 Å². The zero-order valence-corrected chi connectivity index (χ0v) is 12.0. The summed E-state index contributed by atoms with van der Waals surface area (Å²) in [6.45, 7) is 2.08. The Kier molecular flexibility index (Phi) is 7.46. The van der Waals surface area contributed by atoms with Crippen molar-refractivity contribution < 1.29 is 17.1 Å². The van der Waals surface area contributed by atoms with Crippen molar-refractivity contribution in [2.45, 2.75) is 10.7 Å². The largest absolute Gasteiger partial charge is 0.747 e. The van der Waals surface area contributed by atoms with Gasteiger partial charge in [0, 0.05) is 20.9 Å². The number of alkyl halides is 3. The second-order valence-electron chi connectivity index (χ2n) is 3.13. The van der Waals surface area contributed by atoms with Crippen molar-refractivity contribution in [2.75, 3.05) is 0 Å². The van der Waals surface area contributed by atoms with Gasteiger partial charge >= 0.3 is 0 Å². The number of hydrogen-bond donors (Lipinski definition) is 0. The minimum absolute atomic E-state index is 0. The van der Waals surface area contributed by atoms with Crippen molar-refractivity contribution in [3.8, 4) is 0 Å². The standard InChI is InChI=1S/C6H4Cl3.C6H7.Fe/c7-6(8,9)5-3-1-2-4-5;1-6-4-2-3-5-6;/h1-4H;2-5H,1H3;/q-5;-1;. The zero-order chi connectivity index (χ0) is 11.3. The summed E-state index contributed by atoms with van der Waals surface area (Å²) in [5, 5.41) is 0. The molecule has 2 aromatic carbocycles. The molecule has 0 saturated carbocycles. The molecule has 0 spiro atoms. The van der Waals surface area contributed by atoms with Gasteiger partial charge < -0.3 is 29.8 Å². The molecule has 16 heavy (non-hydrogen) atoms. The van der Waals surface area contributed by atoms with E-state index < -0.39 is 3.79 Å². The fourth-order valence-electron chi connectivity index (χ4n) is 1.03. The third kappa shape index (κ3) is 5.98. The van der Waals surface area contributed by atoms with Crippen LogP contribution in [0.2, 0.25) is 0 Å². The van der Waals surface area contributed by atoms with Crippen LogP contribution in [0.15, 0.2) is 48.5 Å². The van der Waals surface area contributed by atoms with Crippen LogP contribution in [0.4, 0.5) is 0 Å². The molecular weight excluding hydrogens is 306 g/mol. The summed E-state index contributed by atoms with van der Waals surface area (Å²) in [5.74, 6) is 0. The van der Waals surface area contributed by atoms with Crippen molar-refractivity contribution in [1.29, 1.82) is 0 Å². The molecule has 2 rings (SSSR count). The first-order valence-corrected chi connectivity index (χ1v) is 5.61. The molecule has 0 saturated heterocycles. The van der Waals surface area contributed by atoms with E-state index in [1.54, 1.807) is 12.1 Å². The molecule has 0 nitrogen and oxygen atoms in total. The molecule has 94 valence electrons. The molecule has 0 atom stereocenters. The maximum absolute atomic E-state index is 5.53. The van der Waals surface area contributed by atoms with E-state index in [0.29, 0.717) is 5.56 Å². The van der Waals surface area contributed by atoms with E-state index in [1.807, 2.05) is 24.3 Å². The average molecular weight is 317 g/mol. The van der Waals surface area contributed by atoms with Crippen LogP contribution < -0.4 is 0 Å². The Hall–Kier alpha value is 0.0895. The van der Waals surface area contributed by atoms with Crippen LogP contribution in [0.25, 0.3) is 0 Å². The molecule has 4 heteroatoms. The van der Waals surface area contributed by atoms with Gasteiger partial charge in [-0.1, -0.05) is 6.92 Å². The SMILES string of the molecule is C[c-]1cccc1.ClC(Cl)(Cl)[c-]1[cH-][cH-][cH-][cH-]1.[Fe]. The van der Waals surface area contributed by atoms with Crippen LogP contribution in [0.5, 0.6) is 0 Å². The fraction of sp³-hybridized carbons (Fsp3) is 0.167. The summed E-state index contributed by atoms with van der Waals surface area (Å²) in [6, 6.07) is 15.4. The number of hydrogen-bond acceptors (Lipinski definition) is 0. The van der Waals surface area contributed by atoms with Crippen molar-refractivity contribution >= 4 is 34.8 Å². The summed E-state index contributed by atoms with van der Waals surface area (Å²) in [6.07, 6.45) is 0. The molecule has 0 aliphatic heterocycles. The van der Waals surface area contributed by atoms with Gasteiger partial charge in [0.2, 0.25) is 0 Å². The quantitative estimate of drug-likeness (QED) is 0.367. The Morgan fingerprint density at radius 3 is 1.62 bits per heavy atom. The third-order valence-corrected chi connectivity index (χ3v) is 2.47. The second kappa shape index (κ2) is 7.42. The van der Waals surface area contributed by atoms with Crippen molar-refractivity contribution in [3.63, 3.8) is 0 Å². The minimum Gasteiger partial charge on any atom is -0.747 e. The van der Waals surface area contributed by atoms with Crippen LogP contribution in [0, 0.1) is 6.92 Å². The van der Waals surface area contributed by atoms with Gasteiger partial charge in [-0.05, 0) is 0 Å². The van der Waals surface area contributed by atoms with Gasteiger partial charge in [0.15, 0.2) is 0 Å². The summed E-state index contributed by atoms with van der Waals surface area (Å²) < 4.78 is -1.26. The molecule has 0 amide bonds. The summed E-state index contributed by atoms with van der Waals surface area (Å²) in [5.41, 5.74) is 2.06. The van der Waals surface area contributed by atoms with Crippen LogP contribution in [0.3, 0.4) is 0 Å². The van der Waals surface area contributed by atoms with Crippen molar-refractivity contribution in [1.82, 2.24) is 0 Å². The average Bonchev–Trinajstić information content (AvgIpc) is 2.73. The molecule has 0 aromatic heterocycles. The van der Waals surface area contributed by atoms with E-state index in [2.05, 4.69) is 19.1 Å². The Morgan fingerprint density at radius 1 is 1.00 bits per heavy atom. The van der Waals surface area contributed by atoms with E-state index >= 15 is 0 Å². The molecule has 0 N–H and O–H groups in total. The fourth-order valence-corrected chi connectivity index (χ4v) is 1.41. The molecule has 0 heterocycles. The maximum Gasteiger partial charge on any atom is 0.0375 e. The Morgan fingerprint density at radius 2 is 1.44 bits per heavy atom. The van der Waals surface area contributed by atoms with Gasteiger partial charge in [-0.25, -0.2) is 12.1 Å². The Labute approximate surface area is 122 Å². The van der Waals surface area contributed by atoms with Gasteiger partial charge in [0.1, 0.15) is 0 Å². The molecule has 0 aliphatic rings. The molecule has 2 aromatic rings. The summed E-state index contributed by atoms with van der Waals surface area (Å²) in [4.78, 5) is 0. The smallest absolute Gasteiger partial charge is 0.0375 e. The predicted octanol–water partition coefficient (Wildman–Crippen LogP) is 4.94. The van der Waals surface area contributed by atoms with Gasteiger partial charge in [-0.3, -0.25) is 0 Å². The van der Waals surface area contributed by atoms with Crippen molar-refractivity contribution in [3.05, 3.63) is 59.7 Å². The first-order valence-electron chi connectivity index (χ1n) is 4.47. The predicted molar refractivity (Wildman–Crippen MR) is 68.0 cm³/mol. The van der Waals surface area contributed by atoms with E-state index in [1.165, 1.54) is 5.56 Å². The van der Waals surface area contributed by atoms with E-state index in [-0.39, 0.29) is 17.1 Å². The molecular formula is C12H11Cl3Fe-6. The van der Waals surface area contributed by atoms with E-state index in [4.69, 9.17) is 34.8 Å². The molecule has 0 unspecified atom stereocenters. The number of halogens is 3. The Bertz CT molecular complexity index is 357. The molecule has 0 bridgehead atoms. The molecule has 0 radical (unpaired) electrons. The van der Waals surface area contributed by atoms with Gasteiger partial charge in [-0.2, -0.15) is 17.7 Å². The third-order valence-electron chi connectivity index (χ3n) is 1.82. The van der Waals surface area contributed by atoms with Crippen LogP contribution in [-0.2, 0) is 20.9 Å². The van der Waals surface area contributed by atoms with Gasteiger partial charge in [0.25, 0.3) is 0 Å². The second-order valence-corrected chi connectivity index (χ2v) is 5.41. The topological polar surface area (TPSA) is 0 Å². The summed E-state index contributed by atoms with van der Waals surface area (Å²) in [7, 11) is 0. The maximum atomic E-state index is 5.53. The van der Waals surface area contributed by atoms with Gasteiger partial charge in [-0.15, -0.1) is 34.8 Å². The number of rotatable bonds is 0. The van der Waals surface area contributed by atoms with Crippen LogP contribution in [-0.4, -0.2) is 0 Å². The van der Waals surface area contributed by atoms with E-state index in [0.717, 1.165) is 0 Å². The molecule has 0 aliphatic carbocycles. The zero-order valence-electron chi connectivity index (χ0n) is 8.61. The first-order chi connectivity index (χ1) is 7.00. The van der Waals surface area contributed by atoms with Crippen LogP contribution >= 0.6 is 34.8 Å². The first kappa shape index (κ1) is 16.1. The van der Waals surface area contributed by atoms with Crippen LogP contribution in [0.1, 0.15) is 11.1 Å². The van der Waals surface area contributed by atoms with E-state index in [9.17, 15) is 0 Å². The monoisotopic (exact) mass is 316 g/mol. The summed E-state index contributed by atoms with van der Waals surface area (Å²) >= 11 is 16.6. The normalized spacial score (nSPS) is 10.0. The number of aryl methyl sites for hydroxylation is 1. The van der Waals surface area contributed by atoms with Crippen molar-refractivity contribution in [2.24, 2.45) is 0 Å².